The number of rotatable bonds is 12. The first-order chi connectivity index (χ1) is 13.5. The molecule has 0 aromatic carbocycles. The SMILES string of the molecule is CCNC(=NCC(CCO)CC(C)C)N1CCN(CC(=O)NCCOC)CC1. The summed E-state index contributed by atoms with van der Waals surface area (Å²) >= 11 is 0. The Morgan fingerprint density at radius 1 is 1.21 bits per heavy atom. The quantitative estimate of drug-likeness (QED) is 0.250. The van der Waals surface area contributed by atoms with Crippen molar-refractivity contribution in [3.05, 3.63) is 0 Å². The van der Waals surface area contributed by atoms with Gasteiger partial charge >= 0.3 is 0 Å². The van der Waals surface area contributed by atoms with E-state index in [1.165, 1.54) is 0 Å². The molecule has 0 spiro atoms. The zero-order chi connectivity index (χ0) is 20.8. The lowest BCUT2D eigenvalue weighted by atomic mass is 9.94. The molecule has 8 nitrogen and oxygen atoms in total. The fourth-order valence-electron chi connectivity index (χ4n) is 3.44. The Bertz CT molecular complexity index is 451. The molecule has 1 heterocycles. The summed E-state index contributed by atoms with van der Waals surface area (Å²) in [5.41, 5.74) is 0. The zero-order valence-corrected chi connectivity index (χ0v) is 18.2. The Morgan fingerprint density at radius 2 is 1.93 bits per heavy atom. The molecule has 0 aromatic heterocycles. The summed E-state index contributed by atoms with van der Waals surface area (Å²) in [5, 5.41) is 15.6. The van der Waals surface area contributed by atoms with E-state index in [1.54, 1.807) is 7.11 Å². The molecule has 3 N–H and O–H groups in total. The number of nitrogens with zero attached hydrogens (tertiary/aromatic N) is 3. The summed E-state index contributed by atoms with van der Waals surface area (Å²) in [4.78, 5) is 21.3. The van der Waals surface area contributed by atoms with Crippen LogP contribution in [0.25, 0.3) is 0 Å². The summed E-state index contributed by atoms with van der Waals surface area (Å²) in [6, 6.07) is 0. The molecule has 164 valence electrons. The van der Waals surface area contributed by atoms with Crippen LogP contribution in [0.2, 0.25) is 0 Å². The molecule has 1 fully saturated rings. The third-order valence-corrected chi connectivity index (χ3v) is 4.84. The number of aliphatic imine (C=N–C) groups is 1. The van der Waals surface area contributed by atoms with Crippen LogP contribution in [0.1, 0.15) is 33.6 Å². The van der Waals surface area contributed by atoms with E-state index >= 15 is 0 Å². The van der Waals surface area contributed by atoms with Gasteiger partial charge in [0, 0.05) is 59.5 Å². The van der Waals surface area contributed by atoms with Gasteiger partial charge in [0.05, 0.1) is 13.2 Å². The van der Waals surface area contributed by atoms with Crippen LogP contribution in [-0.4, -0.2) is 99.5 Å². The van der Waals surface area contributed by atoms with Gasteiger partial charge in [0.2, 0.25) is 5.91 Å². The molecule has 0 saturated carbocycles. The maximum Gasteiger partial charge on any atom is 0.234 e. The van der Waals surface area contributed by atoms with Crippen molar-refractivity contribution in [3.63, 3.8) is 0 Å². The monoisotopic (exact) mass is 399 g/mol. The van der Waals surface area contributed by atoms with Crippen molar-refractivity contribution in [2.45, 2.75) is 33.6 Å². The first-order valence-electron chi connectivity index (χ1n) is 10.6. The van der Waals surface area contributed by atoms with E-state index in [2.05, 4.69) is 41.2 Å². The highest BCUT2D eigenvalue weighted by Crippen LogP contribution is 2.16. The van der Waals surface area contributed by atoms with E-state index in [1.807, 2.05) is 0 Å². The second kappa shape index (κ2) is 14.6. The number of ether oxygens (including phenoxy) is 1. The third kappa shape index (κ3) is 10.2. The minimum atomic E-state index is 0.0478. The summed E-state index contributed by atoms with van der Waals surface area (Å²) in [6.45, 7) is 13.2. The van der Waals surface area contributed by atoms with Crippen molar-refractivity contribution in [3.8, 4) is 0 Å². The summed E-state index contributed by atoms with van der Waals surface area (Å²) in [5.74, 6) is 2.01. The molecule has 1 amide bonds. The lowest BCUT2D eigenvalue weighted by molar-refractivity contribution is -0.122. The molecule has 0 bridgehead atoms. The predicted octanol–water partition coefficient (Wildman–Crippen LogP) is 0.377. The molecular weight excluding hydrogens is 358 g/mol. The average molecular weight is 400 g/mol. The molecule has 0 aromatic rings. The second-order valence-corrected chi connectivity index (χ2v) is 7.81. The fraction of sp³-hybridized carbons (Fsp3) is 0.900. The number of guanidine groups is 1. The van der Waals surface area contributed by atoms with Crippen LogP contribution < -0.4 is 10.6 Å². The van der Waals surface area contributed by atoms with Gasteiger partial charge in [0.1, 0.15) is 0 Å². The molecule has 1 saturated heterocycles. The Balaban J connectivity index is 2.51. The predicted molar refractivity (Wildman–Crippen MR) is 114 cm³/mol. The molecule has 0 aliphatic carbocycles. The largest absolute Gasteiger partial charge is 0.396 e. The van der Waals surface area contributed by atoms with Crippen LogP contribution in [0.5, 0.6) is 0 Å². The van der Waals surface area contributed by atoms with Gasteiger partial charge in [-0.15, -0.1) is 0 Å². The van der Waals surface area contributed by atoms with Crippen LogP contribution in [-0.2, 0) is 9.53 Å². The van der Waals surface area contributed by atoms with Crippen LogP contribution in [0, 0.1) is 11.8 Å². The maximum absolute atomic E-state index is 12.0. The van der Waals surface area contributed by atoms with Crippen molar-refractivity contribution in [1.82, 2.24) is 20.4 Å². The van der Waals surface area contributed by atoms with E-state index in [4.69, 9.17) is 9.73 Å². The third-order valence-electron chi connectivity index (χ3n) is 4.84. The number of aliphatic hydroxyl groups is 1. The van der Waals surface area contributed by atoms with Gasteiger partial charge in [-0.25, -0.2) is 0 Å². The molecule has 8 heteroatoms. The lowest BCUT2D eigenvalue weighted by Gasteiger charge is -2.36. The summed E-state index contributed by atoms with van der Waals surface area (Å²) < 4.78 is 4.95. The number of nitrogens with one attached hydrogen (secondary N) is 2. The van der Waals surface area contributed by atoms with E-state index in [-0.39, 0.29) is 12.5 Å². The standard InChI is InChI=1S/C20H41N5O3/c1-5-21-20(23-15-18(6-12-26)14-17(2)3)25-10-8-24(9-11-25)16-19(27)22-7-13-28-4/h17-18,26H,5-16H2,1-4H3,(H,21,23)(H,22,27). The first-order valence-corrected chi connectivity index (χ1v) is 10.6. The highest BCUT2D eigenvalue weighted by molar-refractivity contribution is 5.80. The van der Waals surface area contributed by atoms with Gasteiger partial charge in [-0.2, -0.15) is 0 Å². The number of aliphatic hydroxyl groups excluding tert-OH is 1. The highest BCUT2D eigenvalue weighted by atomic mass is 16.5. The van der Waals surface area contributed by atoms with E-state index in [9.17, 15) is 9.90 Å². The molecule has 1 unspecified atom stereocenters. The lowest BCUT2D eigenvalue weighted by Crippen LogP contribution is -2.54. The van der Waals surface area contributed by atoms with E-state index in [0.717, 1.165) is 58.1 Å². The number of piperazine rings is 1. The van der Waals surface area contributed by atoms with Crippen LogP contribution >= 0.6 is 0 Å². The Morgan fingerprint density at radius 3 is 2.50 bits per heavy atom. The van der Waals surface area contributed by atoms with Crippen LogP contribution in [0.4, 0.5) is 0 Å². The van der Waals surface area contributed by atoms with E-state index < -0.39 is 0 Å². The molecule has 1 aliphatic heterocycles. The molecule has 1 atom stereocenters. The highest BCUT2D eigenvalue weighted by Gasteiger charge is 2.21. The topological polar surface area (TPSA) is 89.4 Å². The molecular formula is C20H41N5O3. The van der Waals surface area contributed by atoms with Crippen LogP contribution in [0.15, 0.2) is 4.99 Å². The van der Waals surface area contributed by atoms with Crippen LogP contribution in [0.3, 0.4) is 0 Å². The Hall–Kier alpha value is -1.38. The van der Waals surface area contributed by atoms with Gasteiger partial charge in [-0.05, 0) is 31.6 Å². The number of carbonyl (C=O) groups is 1. The van der Waals surface area contributed by atoms with E-state index in [0.29, 0.717) is 31.5 Å². The van der Waals surface area contributed by atoms with Gasteiger partial charge < -0.3 is 25.4 Å². The number of carbonyl (C=O) groups excluding carboxylic acids is 1. The van der Waals surface area contributed by atoms with Crippen molar-refractivity contribution in [2.75, 3.05) is 72.7 Å². The number of methoxy groups -OCH3 is 1. The van der Waals surface area contributed by atoms with Gasteiger partial charge in [0.15, 0.2) is 5.96 Å². The average Bonchev–Trinajstić information content (AvgIpc) is 2.65. The summed E-state index contributed by atoms with van der Waals surface area (Å²) in [7, 11) is 1.63. The first kappa shape index (κ1) is 24.7. The number of hydrogen-bond acceptors (Lipinski definition) is 5. The molecule has 28 heavy (non-hydrogen) atoms. The van der Waals surface area contributed by atoms with Gasteiger partial charge in [-0.3, -0.25) is 14.7 Å². The normalized spacial score (nSPS) is 17.1. The fourth-order valence-corrected chi connectivity index (χ4v) is 3.44. The molecule has 1 rings (SSSR count). The zero-order valence-electron chi connectivity index (χ0n) is 18.2. The van der Waals surface area contributed by atoms with Crippen molar-refractivity contribution in [1.29, 1.82) is 0 Å². The molecule has 1 aliphatic rings. The Kier molecular flexibility index (Phi) is 12.9. The maximum atomic E-state index is 12.0. The Labute approximate surface area is 170 Å². The smallest absolute Gasteiger partial charge is 0.234 e. The number of hydrogen-bond donors (Lipinski definition) is 3. The number of amides is 1. The minimum Gasteiger partial charge on any atom is -0.396 e. The molecule has 0 radical (unpaired) electrons. The van der Waals surface area contributed by atoms with Gasteiger partial charge in [-0.1, -0.05) is 13.8 Å². The van der Waals surface area contributed by atoms with Crippen molar-refractivity contribution >= 4 is 11.9 Å². The summed E-state index contributed by atoms with van der Waals surface area (Å²) in [6.07, 6.45) is 1.88. The minimum absolute atomic E-state index is 0.0478. The second-order valence-electron chi connectivity index (χ2n) is 7.81. The van der Waals surface area contributed by atoms with Crippen molar-refractivity contribution < 1.29 is 14.6 Å². The van der Waals surface area contributed by atoms with Crippen molar-refractivity contribution in [2.24, 2.45) is 16.8 Å². The van der Waals surface area contributed by atoms with Gasteiger partial charge in [0.25, 0.3) is 0 Å².